The van der Waals surface area contributed by atoms with Gasteiger partial charge in [0, 0.05) is 25.1 Å². The van der Waals surface area contributed by atoms with Crippen LogP contribution in [-0.4, -0.2) is 40.6 Å². The van der Waals surface area contributed by atoms with E-state index in [1.54, 1.807) is 6.20 Å². The fourth-order valence-electron chi connectivity index (χ4n) is 3.42. The quantitative estimate of drug-likeness (QED) is 0.784. The Morgan fingerprint density at radius 3 is 3.00 bits per heavy atom. The number of anilines is 3. The van der Waals surface area contributed by atoms with Crippen LogP contribution < -0.4 is 15.4 Å². The van der Waals surface area contributed by atoms with Crippen LogP contribution in [0.5, 0.6) is 5.88 Å². The second-order valence-electron chi connectivity index (χ2n) is 6.94. The number of nitrogens with one attached hydrogen (secondary N) is 2. The van der Waals surface area contributed by atoms with Gasteiger partial charge in [0.05, 0.1) is 41.9 Å². The van der Waals surface area contributed by atoms with Crippen molar-refractivity contribution in [3.8, 4) is 5.88 Å². The largest absolute Gasteiger partial charge is 0.475 e. The van der Waals surface area contributed by atoms with E-state index in [9.17, 15) is 0 Å². The fraction of sp³-hybridized carbons (Fsp3) is 0.556. The summed E-state index contributed by atoms with van der Waals surface area (Å²) in [6.07, 6.45) is 4.61. The highest BCUT2D eigenvalue weighted by Crippen LogP contribution is 2.35. The van der Waals surface area contributed by atoms with Gasteiger partial charge in [-0.25, -0.2) is 4.98 Å². The maximum Gasteiger partial charge on any atom is 0.257 e. The zero-order valence-corrected chi connectivity index (χ0v) is 15.8. The Bertz CT molecular complexity index is 788. The Kier molecular flexibility index (Phi) is 4.91. The minimum absolute atomic E-state index is 0.222. The first-order valence-corrected chi connectivity index (χ1v) is 9.48. The maximum atomic E-state index is 6.28. The average molecular weight is 378 g/mol. The number of fused-ring (bicyclic) bond motifs is 3. The lowest BCUT2D eigenvalue weighted by Gasteiger charge is -2.23. The summed E-state index contributed by atoms with van der Waals surface area (Å²) in [5.41, 5.74) is 2.74. The number of pyridine rings is 1. The summed E-state index contributed by atoms with van der Waals surface area (Å²) in [6.45, 7) is 6.24. The van der Waals surface area contributed by atoms with Gasteiger partial charge in [-0.3, -0.25) is 4.68 Å². The number of nitrogens with zero attached hydrogens (tertiary/aromatic N) is 3. The molecular weight excluding hydrogens is 354 g/mol. The lowest BCUT2D eigenvalue weighted by Crippen LogP contribution is -2.23. The maximum absolute atomic E-state index is 6.28. The predicted molar refractivity (Wildman–Crippen MR) is 102 cm³/mol. The Morgan fingerprint density at radius 2 is 2.19 bits per heavy atom. The summed E-state index contributed by atoms with van der Waals surface area (Å²) in [5.74, 6) is 1.32. The molecule has 1 saturated heterocycles. The van der Waals surface area contributed by atoms with E-state index in [1.165, 1.54) is 0 Å². The minimum Gasteiger partial charge on any atom is -0.475 e. The van der Waals surface area contributed by atoms with Gasteiger partial charge in [-0.05, 0) is 26.7 Å². The summed E-state index contributed by atoms with van der Waals surface area (Å²) in [5, 5.41) is 12.1. The summed E-state index contributed by atoms with van der Waals surface area (Å²) < 4.78 is 13.7. The van der Waals surface area contributed by atoms with Crippen molar-refractivity contribution in [1.29, 1.82) is 0 Å². The zero-order valence-electron chi connectivity index (χ0n) is 15.1. The van der Waals surface area contributed by atoms with Crippen LogP contribution in [0.25, 0.3) is 0 Å². The molecule has 4 heterocycles. The fourth-order valence-corrected chi connectivity index (χ4v) is 3.58. The predicted octanol–water partition coefficient (Wildman–Crippen LogP) is 3.92. The number of halogens is 1. The van der Waals surface area contributed by atoms with E-state index in [0.717, 1.165) is 42.9 Å². The molecule has 2 unspecified atom stereocenters. The van der Waals surface area contributed by atoms with Gasteiger partial charge in [-0.1, -0.05) is 11.6 Å². The van der Waals surface area contributed by atoms with Gasteiger partial charge in [0.15, 0.2) is 0 Å². The van der Waals surface area contributed by atoms with Crippen LogP contribution in [0.4, 0.5) is 17.2 Å². The lowest BCUT2D eigenvalue weighted by atomic mass is 10.1. The summed E-state index contributed by atoms with van der Waals surface area (Å²) >= 11 is 6.28. The van der Waals surface area contributed by atoms with Gasteiger partial charge in [-0.15, -0.1) is 5.10 Å². The van der Waals surface area contributed by atoms with Crippen molar-refractivity contribution in [2.45, 2.75) is 45.2 Å². The van der Waals surface area contributed by atoms with E-state index in [1.807, 2.05) is 17.7 Å². The highest BCUT2D eigenvalue weighted by atomic mass is 35.5. The van der Waals surface area contributed by atoms with E-state index in [0.29, 0.717) is 29.9 Å². The van der Waals surface area contributed by atoms with Crippen molar-refractivity contribution in [2.75, 3.05) is 30.5 Å². The van der Waals surface area contributed by atoms with E-state index in [4.69, 9.17) is 26.2 Å². The number of hydrogen-bond acceptors (Lipinski definition) is 6. The molecule has 0 spiro atoms. The smallest absolute Gasteiger partial charge is 0.257 e. The normalized spacial score (nSPS) is 23.0. The molecule has 2 N–H and O–H groups in total. The van der Waals surface area contributed by atoms with E-state index >= 15 is 0 Å². The third-order valence-corrected chi connectivity index (χ3v) is 5.20. The van der Waals surface area contributed by atoms with Crippen LogP contribution >= 0.6 is 11.6 Å². The number of ether oxygens (including phenoxy) is 2. The Balaban J connectivity index is 1.72. The lowest BCUT2D eigenvalue weighted by molar-refractivity contribution is 0.0537. The van der Waals surface area contributed by atoms with Gasteiger partial charge in [0.25, 0.3) is 5.88 Å². The third-order valence-electron chi connectivity index (χ3n) is 4.90. The van der Waals surface area contributed by atoms with Gasteiger partial charge in [0.1, 0.15) is 11.5 Å². The van der Waals surface area contributed by atoms with Crippen molar-refractivity contribution < 1.29 is 9.47 Å². The molecule has 2 atom stereocenters. The SMILES string of the molecule is Cc1c2c(nn1C1CCCOC1)OCCC(C)Nc1cc(ncc1Cl)N2. The molecule has 0 radical (unpaired) electrons. The van der Waals surface area contributed by atoms with Crippen LogP contribution in [-0.2, 0) is 4.74 Å². The first kappa shape index (κ1) is 17.4. The Morgan fingerprint density at radius 1 is 1.31 bits per heavy atom. The zero-order chi connectivity index (χ0) is 18.1. The molecule has 2 aromatic rings. The first-order chi connectivity index (χ1) is 12.6. The molecule has 2 aromatic heterocycles. The topological polar surface area (TPSA) is 73.2 Å². The molecular formula is C18H24ClN5O2. The van der Waals surface area contributed by atoms with E-state index in [2.05, 4.69) is 22.5 Å². The van der Waals surface area contributed by atoms with Crippen LogP contribution in [0.3, 0.4) is 0 Å². The first-order valence-electron chi connectivity index (χ1n) is 9.10. The van der Waals surface area contributed by atoms with Crippen molar-refractivity contribution >= 4 is 28.8 Å². The van der Waals surface area contributed by atoms with Crippen molar-refractivity contribution in [1.82, 2.24) is 14.8 Å². The van der Waals surface area contributed by atoms with Gasteiger partial charge in [-0.2, -0.15) is 0 Å². The van der Waals surface area contributed by atoms with E-state index in [-0.39, 0.29) is 12.1 Å². The summed E-state index contributed by atoms with van der Waals surface area (Å²) in [4.78, 5) is 4.40. The van der Waals surface area contributed by atoms with Crippen LogP contribution in [0.1, 0.15) is 37.9 Å². The van der Waals surface area contributed by atoms with Gasteiger partial charge < -0.3 is 20.1 Å². The number of rotatable bonds is 1. The highest BCUT2D eigenvalue weighted by Gasteiger charge is 2.25. The second-order valence-corrected chi connectivity index (χ2v) is 7.35. The third kappa shape index (κ3) is 3.46. The molecule has 0 amide bonds. The van der Waals surface area contributed by atoms with E-state index < -0.39 is 0 Å². The van der Waals surface area contributed by atoms with Crippen molar-refractivity contribution in [3.63, 3.8) is 0 Å². The second kappa shape index (κ2) is 7.32. The molecule has 2 aliphatic rings. The Labute approximate surface area is 158 Å². The molecule has 26 heavy (non-hydrogen) atoms. The summed E-state index contributed by atoms with van der Waals surface area (Å²) in [6, 6.07) is 2.39. The van der Waals surface area contributed by atoms with Crippen molar-refractivity contribution in [2.24, 2.45) is 0 Å². The highest BCUT2D eigenvalue weighted by molar-refractivity contribution is 6.33. The molecule has 140 valence electrons. The molecule has 2 bridgehead atoms. The van der Waals surface area contributed by atoms with Crippen LogP contribution in [0, 0.1) is 6.92 Å². The Hall–Kier alpha value is -1.99. The molecule has 2 aliphatic heterocycles. The van der Waals surface area contributed by atoms with Crippen LogP contribution in [0.15, 0.2) is 12.3 Å². The molecule has 0 saturated carbocycles. The molecule has 0 aliphatic carbocycles. The van der Waals surface area contributed by atoms with Gasteiger partial charge >= 0.3 is 0 Å². The monoisotopic (exact) mass is 377 g/mol. The number of hydrogen-bond donors (Lipinski definition) is 2. The molecule has 7 nitrogen and oxygen atoms in total. The van der Waals surface area contributed by atoms with Crippen LogP contribution in [0.2, 0.25) is 5.02 Å². The molecule has 1 fully saturated rings. The van der Waals surface area contributed by atoms with Crippen molar-refractivity contribution in [3.05, 3.63) is 23.0 Å². The number of aromatic nitrogens is 3. The summed E-state index contributed by atoms with van der Waals surface area (Å²) in [7, 11) is 0. The average Bonchev–Trinajstić information content (AvgIpc) is 2.93. The minimum atomic E-state index is 0.222. The standard InChI is InChI=1S/C18H24ClN5O2/c1-11-5-7-26-18-17(22-16-8-15(21-11)14(19)9-20-16)12(2)24(23-18)13-4-3-6-25-10-13/h8-9,11,13,21H,3-7,10H2,1-2H3,(H,20,22). The molecule has 0 aromatic carbocycles. The van der Waals surface area contributed by atoms with Gasteiger partial charge in [0.2, 0.25) is 0 Å². The molecule has 8 heteroatoms. The molecule has 4 rings (SSSR count).